The lowest BCUT2D eigenvalue weighted by Gasteiger charge is -2.21. The van der Waals surface area contributed by atoms with Crippen LogP contribution in [0, 0.1) is 13.8 Å². The van der Waals surface area contributed by atoms with Crippen molar-refractivity contribution in [3.8, 4) is 17.0 Å². The van der Waals surface area contributed by atoms with Gasteiger partial charge in [0.2, 0.25) is 0 Å². The number of anilines is 1. The minimum absolute atomic E-state index is 0.0669. The Morgan fingerprint density at radius 2 is 1.97 bits per heavy atom. The number of carbonyl (C=O) groups excluding carboxylic acids is 1. The van der Waals surface area contributed by atoms with Crippen LogP contribution in [0.1, 0.15) is 43.9 Å². The zero-order valence-electron chi connectivity index (χ0n) is 17.9. The van der Waals surface area contributed by atoms with Gasteiger partial charge in [-0.3, -0.25) is 4.79 Å². The third-order valence-electron chi connectivity index (χ3n) is 5.53. The molecule has 2 aromatic carbocycles. The summed E-state index contributed by atoms with van der Waals surface area (Å²) < 4.78 is 7.86. The van der Waals surface area contributed by atoms with E-state index in [9.17, 15) is 4.79 Å². The highest BCUT2D eigenvalue weighted by Crippen LogP contribution is 2.34. The Morgan fingerprint density at radius 3 is 2.70 bits per heavy atom. The molecule has 0 saturated carbocycles. The quantitative estimate of drug-likeness (QED) is 0.570. The van der Waals surface area contributed by atoms with E-state index >= 15 is 0 Å². The Kier molecular flexibility index (Phi) is 5.77. The molecule has 1 N–H and O–H groups in total. The van der Waals surface area contributed by atoms with Gasteiger partial charge in [-0.15, -0.1) is 11.3 Å². The molecule has 6 heteroatoms. The molecule has 1 amide bonds. The van der Waals surface area contributed by atoms with Crippen LogP contribution in [0.5, 0.6) is 5.75 Å². The predicted molar refractivity (Wildman–Crippen MR) is 123 cm³/mol. The Balaban J connectivity index is 1.86. The molecule has 0 spiro atoms. The number of aryl methyl sites for hydroxylation is 2. The number of ether oxygens (including phenoxy) is 1. The summed E-state index contributed by atoms with van der Waals surface area (Å²) in [6, 6.07) is 12.7. The number of nitrogens with one attached hydrogen (secondary N) is 1. The van der Waals surface area contributed by atoms with Crippen LogP contribution >= 0.6 is 11.3 Å². The molecule has 3 aromatic rings. The number of hydrogen-bond acceptors (Lipinski definition) is 4. The SMILES string of the molecule is CCC(CC)n1c(-c2ccc3c(c2)NC(=O)CO3)csc1=Nc1ccc(C)cc1C. The monoisotopic (exact) mass is 421 g/mol. The molecule has 4 rings (SSSR count). The van der Waals surface area contributed by atoms with Gasteiger partial charge in [0.25, 0.3) is 5.91 Å². The van der Waals surface area contributed by atoms with E-state index in [1.54, 1.807) is 11.3 Å². The number of hydrogen-bond donors (Lipinski definition) is 1. The molecule has 0 aliphatic carbocycles. The summed E-state index contributed by atoms with van der Waals surface area (Å²) in [7, 11) is 0. The number of benzene rings is 2. The standard InChI is InChI=1S/C24H27N3O2S/c1-5-18(6-2)27-21(17-8-10-22-20(12-17)25-23(28)13-29-22)14-30-24(27)26-19-9-7-15(3)11-16(19)4/h7-12,14,18H,5-6,13H2,1-4H3,(H,25,28). The minimum atomic E-state index is -0.122. The van der Waals surface area contributed by atoms with E-state index in [-0.39, 0.29) is 12.5 Å². The fourth-order valence-electron chi connectivity index (χ4n) is 3.90. The maximum Gasteiger partial charge on any atom is 0.262 e. The van der Waals surface area contributed by atoms with Crippen LogP contribution in [-0.2, 0) is 4.79 Å². The summed E-state index contributed by atoms with van der Waals surface area (Å²) in [5.74, 6) is 0.589. The first-order valence-electron chi connectivity index (χ1n) is 10.4. The van der Waals surface area contributed by atoms with Gasteiger partial charge in [-0.05, 0) is 56.5 Å². The second-order valence-electron chi connectivity index (χ2n) is 7.69. The molecule has 2 heterocycles. The van der Waals surface area contributed by atoms with Crippen molar-refractivity contribution < 1.29 is 9.53 Å². The van der Waals surface area contributed by atoms with Gasteiger partial charge in [-0.1, -0.05) is 31.5 Å². The van der Waals surface area contributed by atoms with Gasteiger partial charge in [-0.2, -0.15) is 0 Å². The van der Waals surface area contributed by atoms with Crippen LogP contribution in [0.3, 0.4) is 0 Å². The van der Waals surface area contributed by atoms with Gasteiger partial charge in [-0.25, -0.2) is 4.99 Å². The van der Waals surface area contributed by atoms with Crippen LogP contribution in [0.2, 0.25) is 0 Å². The second kappa shape index (κ2) is 8.48. The topological polar surface area (TPSA) is 55.6 Å². The van der Waals surface area contributed by atoms with Gasteiger partial charge >= 0.3 is 0 Å². The van der Waals surface area contributed by atoms with Crippen molar-refractivity contribution >= 4 is 28.6 Å². The second-order valence-corrected chi connectivity index (χ2v) is 8.53. The van der Waals surface area contributed by atoms with E-state index in [4.69, 9.17) is 9.73 Å². The van der Waals surface area contributed by atoms with Gasteiger partial charge in [0.05, 0.1) is 17.1 Å². The van der Waals surface area contributed by atoms with Crippen molar-refractivity contribution in [2.45, 2.75) is 46.6 Å². The molecule has 5 nitrogen and oxygen atoms in total. The molecule has 0 radical (unpaired) electrons. The fraction of sp³-hybridized carbons (Fsp3) is 0.333. The van der Waals surface area contributed by atoms with Crippen molar-refractivity contribution in [1.29, 1.82) is 0 Å². The molecule has 1 aliphatic heterocycles. The van der Waals surface area contributed by atoms with Gasteiger partial charge in [0.1, 0.15) is 5.75 Å². The predicted octanol–water partition coefficient (Wildman–Crippen LogP) is 5.76. The Labute approximate surface area is 181 Å². The first-order valence-corrected chi connectivity index (χ1v) is 11.3. The molecule has 0 fully saturated rings. The molecular formula is C24H27N3O2S. The average molecular weight is 422 g/mol. The molecule has 0 bridgehead atoms. The van der Waals surface area contributed by atoms with E-state index in [0.29, 0.717) is 11.8 Å². The number of fused-ring (bicyclic) bond motifs is 1. The summed E-state index contributed by atoms with van der Waals surface area (Å²) in [6.07, 6.45) is 2.04. The summed E-state index contributed by atoms with van der Waals surface area (Å²) in [4.78, 5) is 17.8. The minimum Gasteiger partial charge on any atom is -0.482 e. The fourth-order valence-corrected chi connectivity index (χ4v) is 4.87. The highest BCUT2D eigenvalue weighted by Gasteiger charge is 2.19. The van der Waals surface area contributed by atoms with Gasteiger partial charge in [0, 0.05) is 17.0 Å². The molecule has 30 heavy (non-hydrogen) atoms. The molecule has 156 valence electrons. The molecule has 0 saturated heterocycles. The maximum atomic E-state index is 11.8. The van der Waals surface area contributed by atoms with Crippen molar-refractivity contribution in [2.75, 3.05) is 11.9 Å². The van der Waals surface area contributed by atoms with E-state index < -0.39 is 0 Å². The lowest BCUT2D eigenvalue weighted by molar-refractivity contribution is -0.118. The highest BCUT2D eigenvalue weighted by molar-refractivity contribution is 7.07. The summed E-state index contributed by atoms with van der Waals surface area (Å²) in [5, 5.41) is 5.07. The van der Waals surface area contributed by atoms with E-state index in [1.165, 1.54) is 11.1 Å². The number of aromatic nitrogens is 1. The molecule has 1 aromatic heterocycles. The van der Waals surface area contributed by atoms with Gasteiger partial charge in [0.15, 0.2) is 11.4 Å². The molecule has 0 atom stereocenters. The van der Waals surface area contributed by atoms with E-state index in [2.05, 4.69) is 67.2 Å². The highest BCUT2D eigenvalue weighted by atomic mass is 32.1. The number of rotatable bonds is 5. The number of carbonyl (C=O) groups is 1. The third kappa shape index (κ3) is 3.92. The zero-order chi connectivity index (χ0) is 21.3. The number of thiazole rings is 1. The largest absolute Gasteiger partial charge is 0.482 e. The lowest BCUT2D eigenvalue weighted by atomic mass is 10.1. The summed E-state index contributed by atoms with van der Waals surface area (Å²) in [5.41, 5.74) is 6.29. The Bertz CT molecular complexity index is 1160. The van der Waals surface area contributed by atoms with Crippen LogP contribution in [0.25, 0.3) is 11.3 Å². The normalized spacial score (nSPS) is 13.9. The number of nitrogens with zero attached hydrogens (tertiary/aromatic N) is 2. The Morgan fingerprint density at radius 1 is 1.17 bits per heavy atom. The van der Waals surface area contributed by atoms with E-state index in [0.717, 1.165) is 40.3 Å². The van der Waals surface area contributed by atoms with Gasteiger partial charge < -0.3 is 14.6 Å². The van der Waals surface area contributed by atoms with Crippen molar-refractivity contribution in [1.82, 2.24) is 4.57 Å². The summed E-state index contributed by atoms with van der Waals surface area (Å²) >= 11 is 1.65. The summed E-state index contributed by atoms with van der Waals surface area (Å²) in [6.45, 7) is 8.70. The molecule has 1 aliphatic rings. The smallest absolute Gasteiger partial charge is 0.262 e. The van der Waals surface area contributed by atoms with Crippen molar-refractivity contribution in [3.63, 3.8) is 0 Å². The third-order valence-corrected chi connectivity index (χ3v) is 6.37. The van der Waals surface area contributed by atoms with E-state index in [1.807, 2.05) is 12.1 Å². The van der Waals surface area contributed by atoms with Crippen LogP contribution in [0.15, 0.2) is 46.8 Å². The lowest BCUT2D eigenvalue weighted by Crippen LogP contribution is -2.25. The van der Waals surface area contributed by atoms with Crippen LogP contribution in [0.4, 0.5) is 11.4 Å². The van der Waals surface area contributed by atoms with Crippen molar-refractivity contribution in [3.05, 3.63) is 57.7 Å². The maximum absolute atomic E-state index is 11.8. The average Bonchev–Trinajstić information content (AvgIpc) is 3.14. The Hall–Kier alpha value is -2.86. The van der Waals surface area contributed by atoms with Crippen LogP contribution in [-0.4, -0.2) is 17.1 Å². The number of amides is 1. The first-order chi connectivity index (χ1) is 14.5. The first kappa shape index (κ1) is 20.4. The zero-order valence-corrected chi connectivity index (χ0v) is 18.7. The van der Waals surface area contributed by atoms with Crippen LogP contribution < -0.4 is 14.9 Å². The molecular weight excluding hydrogens is 394 g/mol. The molecule has 0 unspecified atom stereocenters. The van der Waals surface area contributed by atoms with Crippen molar-refractivity contribution in [2.24, 2.45) is 4.99 Å².